The molecule has 0 saturated carbocycles. The van der Waals surface area contributed by atoms with Gasteiger partial charge in [0.1, 0.15) is 24.6 Å². The molecule has 0 fully saturated rings. The molecule has 22 heavy (non-hydrogen) atoms. The van der Waals surface area contributed by atoms with Crippen LogP contribution < -0.4 is 4.74 Å². The van der Waals surface area contributed by atoms with Crippen LogP contribution in [-0.4, -0.2) is 38.0 Å². The molecule has 0 aliphatic carbocycles. The predicted octanol–water partition coefficient (Wildman–Crippen LogP) is 2.81. The van der Waals surface area contributed by atoms with E-state index < -0.39 is 6.67 Å². The highest BCUT2D eigenvalue weighted by Crippen LogP contribution is 2.25. The van der Waals surface area contributed by atoms with Crippen LogP contribution in [0.2, 0.25) is 0 Å². The third-order valence-electron chi connectivity index (χ3n) is 3.07. The number of halogens is 1. The number of alkyl halides is 1. The summed E-state index contributed by atoms with van der Waals surface area (Å²) in [6.07, 6.45) is 1.44. The summed E-state index contributed by atoms with van der Waals surface area (Å²) in [7, 11) is 0. The standard InChI is InChI=1S/C14H16FN5OS/c1-2-21-10-3-4-11-12(7-10)19-14(18-11)22-8-13-16-9-17-20(13)6-5-15/h3-4,7,9H,2,5-6,8H2,1H3,(H,18,19). The minimum Gasteiger partial charge on any atom is -0.494 e. The Hall–Kier alpha value is -2.09. The van der Waals surface area contributed by atoms with Gasteiger partial charge in [0.05, 0.1) is 29.9 Å². The minimum atomic E-state index is -0.453. The van der Waals surface area contributed by atoms with Crippen molar-refractivity contribution in [3.63, 3.8) is 0 Å². The maximum Gasteiger partial charge on any atom is 0.166 e. The second-order valence-electron chi connectivity index (χ2n) is 4.53. The Labute approximate surface area is 131 Å². The average molecular weight is 321 g/mol. The van der Waals surface area contributed by atoms with Crippen LogP contribution in [0.25, 0.3) is 11.0 Å². The Morgan fingerprint density at radius 3 is 3.14 bits per heavy atom. The van der Waals surface area contributed by atoms with Gasteiger partial charge in [-0.1, -0.05) is 11.8 Å². The summed E-state index contributed by atoms with van der Waals surface area (Å²) in [6, 6.07) is 5.76. The fourth-order valence-electron chi connectivity index (χ4n) is 2.09. The summed E-state index contributed by atoms with van der Waals surface area (Å²) < 4.78 is 19.5. The van der Waals surface area contributed by atoms with Gasteiger partial charge < -0.3 is 9.72 Å². The first kappa shape index (κ1) is 14.8. The fourth-order valence-corrected chi connectivity index (χ4v) is 2.92. The van der Waals surface area contributed by atoms with Crippen LogP contribution in [0.3, 0.4) is 0 Å². The zero-order valence-corrected chi connectivity index (χ0v) is 12.9. The lowest BCUT2D eigenvalue weighted by Gasteiger charge is -2.01. The molecule has 8 heteroatoms. The largest absolute Gasteiger partial charge is 0.494 e. The number of H-pyrrole nitrogens is 1. The Kier molecular flexibility index (Phi) is 4.57. The van der Waals surface area contributed by atoms with E-state index in [1.807, 2.05) is 25.1 Å². The van der Waals surface area contributed by atoms with Crippen molar-refractivity contribution in [3.05, 3.63) is 30.4 Å². The number of thioether (sulfide) groups is 1. The number of fused-ring (bicyclic) bond motifs is 1. The van der Waals surface area contributed by atoms with Gasteiger partial charge in [0.25, 0.3) is 0 Å². The number of imidazole rings is 1. The number of aromatic nitrogens is 5. The Balaban J connectivity index is 1.72. The average Bonchev–Trinajstić information content (AvgIpc) is 3.11. The molecule has 6 nitrogen and oxygen atoms in total. The van der Waals surface area contributed by atoms with Gasteiger partial charge in [-0.3, -0.25) is 0 Å². The van der Waals surface area contributed by atoms with Crippen molar-refractivity contribution in [2.45, 2.75) is 24.4 Å². The normalized spacial score (nSPS) is 11.2. The van der Waals surface area contributed by atoms with Gasteiger partial charge in [-0.25, -0.2) is 19.0 Å². The molecule has 0 spiro atoms. The smallest absolute Gasteiger partial charge is 0.166 e. The summed E-state index contributed by atoms with van der Waals surface area (Å²) in [5.41, 5.74) is 1.81. The molecule has 2 aromatic heterocycles. The van der Waals surface area contributed by atoms with Crippen LogP contribution in [0.5, 0.6) is 5.75 Å². The quantitative estimate of drug-likeness (QED) is 0.678. The molecule has 116 valence electrons. The molecule has 0 bridgehead atoms. The third kappa shape index (κ3) is 3.22. The number of hydrogen-bond donors (Lipinski definition) is 1. The molecule has 0 amide bonds. The fraction of sp³-hybridized carbons (Fsp3) is 0.357. The molecule has 3 rings (SSSR count). The SMILES string of the molecule is CCOc1ccc2nc(SCc3ncnn3CCF)[nH]c2c1. The van der Waals surface area contributed by atoms with Crippen molar-refractivity contribution in [3.8, 4) is 5.75 Å². The molecule has 0 radical (unpaired) electrons. The number of aryl methyl sites for hydroxylation is 1. The summed E-state index contributed by atoms with van der Waals surface area (Å²) >= 11 is 1.51. The maximum atomic E-state index is 12.4. The van der Waals surface area contributed by atoms with Crippen LogP contribution in [-0.2, 0) is 12.3 Å². The topological polar surface area (TPSA) is 68.6 Å². The molecule has 1 aromatic carbocycles. The van der Waals surface area contributed by atoms with Gasteiger partial charge in [0.2, 0.25) is 0 Å². The highest BCUT2D eigenvalue weighted by molar-refractivity contribution is 7.98. The number of rotatable bonds is 7. The molecular formula is C14H16FN5OS. The predicted molar refractivity (Wildman–Crippen MR) is 82.8 cm³/mol. The van der Waals surface area contributed by atoms with E-state index in [1.54, 1.807) is 4.68 Å². The van der Waals surface area contributed by atoms with Crippen LogP contribution in [0, 0.1) is 0 Å². The van der Waals surface area contributed by atoms with Crippen LogP contribution >= 0.6 is 11.8 Å². The van der Waals surface area contributed by atoms with Crippen LogP contribution in [0.4, 0.5) is 4.39 Å². The van der Waals surface area contributed by atoms with Crippen molar-refractivity contribution < 1.29 is 9.13 Å². The lowest BCUT2D eigenvalue weighted by Crippen LogP contribution is -2.06. The molecule has 0 atom stereocenters. The zero-order chi connectivity index (χ0) is 15.4. The van der Waals surface area contributed by atoms with Gasteiger partial charge in [-0.2, -0.15) is 5.10 Å². The Morgan fingerprint density at radius 2 is 2.32 bits per heavy atom. The summed E-state index contributed by atoms with van der Waals surface area (Å²) in [5.74, 6) is 2.13. The van der Waals surface area contributed by atoms with Gasteiger partial charge >= 0.3 is 0 Å². The number of aromatic amines is 1. The second-order valence-corrected chi connectivity index (χ2v) is 5.50. The first-order valence-electron chi connectivity index (χ1n) is 6.98. The first-order chi connectivity index (χ1) is 10.8. The van der Waals surface area contributed by atoms with Crippen LogP contribution in [0.1, 0.15) is 12.7 Å². The lowest BCUT2D eigenvalue weighted by atomic mass is 10.3. The number of benzene rings is 1. The molecule has 0 aliphatic rings. The van der Waals surface area contributed by atoms with Crippen LogP contribution in [0.15, 0.2) is 29.7 Å². The van der Waals surface area contributed by atoms with E-state index in [0.717, 1.165) is 27.8 Å². The Bertz CT molecular complexity index is 757. The molecule has 2 heterocycles. The zero-order valence-electron chi connectivity index (χ0n) is 12.1. The summed E-state index contributed by atoms with van der Waals surface area (Å²) in [4.78, 5) is 11.9. The second kappa shape index (κ2) is 6.78. The van der Waals surface area contributed by atoms with E-state index in [9.17, 15) is 4.39 Å². The van der Waals surface area contributed by atoms with E-state index >= 15 is 0 Å². The molecule has 0 aliphatic heterocycles. The molecule has 0 unspecified atom stereocenters. The van der Waals surface area contributed by atoms with E-state index in [0.29, 0.717) is 12.4 Å². The van der Waals surface area contributed by atoms with Crippen molar-refractivity contribution in [2.24, 2.45) is 0 Å². The molecule has 3 aromatic rings. The highest BCUT2D eigenvalue weighted by atomic mass is 32.2. The van der Waals surface area contributed by atoms with Gasteiger partial charge in [-0.15, -0.1) is 0 Å². The minimum absolute atomic E-state index is 0.230. The van der Waals surface area contributed by atoms with Crippen molar-refractivity contribution in [2.75, 3.05) is 13.3 Å². The monoisotopic (exact) mass is 321 g/mol. The van der Waals surface area contributed by atoms with Crippen molar-refractivity contribution >= 4 is 22.8 Å². The number of ether oxygens (including phenoxy) is 1. The number of nitrogens with zero attached hydrogens (tertiary/aromatic N) is 4. The van der Waals surface area contributed by atoms with E-state index in [2.05, 4.69) is 20.1 Å². The number of nitrogens with one attached hydrogen (secondary N) is 1. The highest BCUT2D eigenvalue weighted by Gasteiger charge is 2.08. The summed E-state index contributed by atoms with van der Waals surface area (Å²) in [6.45, 7) is 2.36. The lowest BCUT2D eigenvalue weighted by molar-refractivity contribution is 0.340. The van der Waals surface area contributed by atoms with Crippen molar-refractivity contribution in [1.29, 1.82) is 0 Å². The molecule has 1 N–H and O–H groups in total. The van der Waals surface area contributed by atoms with Crippen molar-refractivity contribution in [1.82, 2.24) is 24.7 Å². The maximum absolute atomic E-state index is 12.4. The van der Waals surface area contributed by atoms with E-state index in [4.69, 9.17) is 4.74 Å². The number of hydrogen-bond acceptors (Lipinski definition) is 5. The molecular weight excluding hydrogens is 305 g/mol. The van der Waals surface area contributed by atoms with E-state index in [1.165, 1.54) is 18.1 Å². The van der Waals surface area contributed by atoms with Gasteiger partial charge in [-0.05, 0) is 19.1 Å². The van der Waals surface area contributed by atoms with Gasteiger partial charge in [0.15, 0.2) is 5.16 Å². The third-order valence-corrected chi connectivity index (χ3v) is 3.94. The van der Waals surface area contributed by atoms with Gasteiger partial charge in [0, 0.05) is 6.07 Å². The first-order valence-corrected chi connectivity index (χ1v) is 7.96. The molecule has 0 saturated heterocycles. The van der Waals surface area contributed by atoms with E-state index in [-0.39, 0.29) is 6.54 Å². The summed E-state index contributed by atoms with van der Waals surface area (Å²) in [5, 5.41) is 4.79. The Morgan fingerprint density at radius 1 is 1.41 bits per heavy atom.